The standard InChI is InChI=1S/C5H8N2/c1-6-5-2-3-7-4-5/h5,7H,2-4H2/t5-/m1/s1. The van der Waals surface area contributed by atoms with Gasteiger partial charge in [0.05, 0.1) is 6.54 Å². The predicted octanol–water partition coefficient (Wildman–Crippen LogP) is 0.268. The molecule has 38 valence electrons. The van der Waals surface area contributed by atoms with Gasteiger partial charge in [-0.1, -0.05) is 0 Å². The third-order valence-electron chi connectivity index (χ3n) is 1.22. The van der Waals surface area contributed by atoms with Gasteiger partial charge in [0.2, 0.25) is 6.04 Å². The van der Waals surface area contributed by atoms with Crippen molar-refractivity contribution in [1.29, 1.82) is 0 Å². The van der Waals surface area contributed by atoms with Crippen molar-refractivity contribution in [3.63, 3.8) is 0 Å². The van der Waals surface area contributed by atoms with Gasteiger partial charge in [0.15, 0.2) is 0 Å². The Kier molecular flexibility index (Phi) is 1.28. The predicted molar refractivity (Wildman–Crippen MR) is 27.9 cm³/mol. The Morgan fingerprint density at radius 2 is 2.57 bits per heavy atom. The van der Waals surface area contributed by atoms with Crippen molar-refractivity contribution in [2.75, 3.05) is 13.1 Å². The third-order valence-corrected chi connectivity index (χ3v) is 1.22. The highest BCUT2D eigenvalue weighted by Crippen LogP contribution is 2.00. The Labute approximate surface area is 43.3 Å². The minimum atomic E-state index is 0.278. The highest BCUT2D eigenvalue weighted by Gasteiger charge is 2.16. The lowest BCUT2D eigenvalue weighted by Gasteiger charge is -1.84. The van der Waals surface area contributed by atoms with Crippen LogP contribution in [0.3, 0.4) is 0 Å². The Bertz CT molecular complexity index is 86.7. The van der Waals surface area contributed by atoms with Crippen LogP contribution in [-0.2, 0) is 0 Å². The minimum absolute atomic E-state index is 0.278. The van der Waals surface area contributed by atoms with E-state index in [0.29, 0.717) is 0 Å². The summed E-state index contributed by atoms with van der Waals surface area (Å²) in [6, 6.07) is 0.278. The van der Waals surface area contributed by atoms with Crippen molar-refractivity contribution in [2.45, 2.75) is 12.5 Å². The molecule has 0 unspecified atom stereocenters. The molecule has 1 saturated heterocycles. The van der Waals surface area contributed by atoms with Crippen molar-refractivity contribution < 1.29 is 0 Å². The second-order valence-corrected chi connectivity index (χ2v) is 1.78. The zero-order valence-corrected chi connectivity index (χ0v) is 4.15. The lowest BCUT2D eigenvalue weighted by molar-refractivity contribution is 0.837. The van der Waals surface area contributed by atoms with Crippen LogP contribution in [-0.4, -0.2) is 19.1 Å². The van der Waals surface area contributed by atoms with E-state index in [0.717, 1.165) is 19.5 Å². The summed E-state index contributed by atoms with van der Waals surface area (Å²) in [7, 11) is 0. The van der Waals surface area contributed by atoms with Crippen LogP contribution in [0.2, 0.25) is 0 Å². The van der Waals surface area contributed by atoms with Crippen molar-refractivity contribution in [1.82, 2.24) is 5.32 Å². The van der Waals surface area contributed by atoms with E-state index in [-0.39, 0.29) is 6.04 Å². The van der Waals surface area contributed by atoms with E-state index in [2.05, 4.69) is 10.2 Å². The average molecular weight is 96.1 g/mol. The van der Waals surface area contributed by atoms with Gasteiger partial charge >= 0.3 is 0 Å². The topological polar surface area (TPSA) is 16.4 Å². The maximum atomic E-state index is 6.58. The first kappa shape index (κ1) is 4.61. The summed E-state index contributed by atoms with van der Waals surface area (Å²) in [5, 5.41) is 3.11. The minimum Gasteiger partial charge on any atom is -0.312 e. The van der Waals surface area contributed by atoms with Gasteiger partial charge in [-0.15, -0.1) is 0 Å². The van der Waals surface area contributed by atoms with E-state index in [1.807, 2.05) is 0 Å². The largest absolute Gasteiger partial charge is 0.312 e. The average Bonchev–Trinajstić information content (AvgIpc) is 2.14. The van der Waals surface area contributed by atoms with Gasteiger partial charge in [0, 0.05) is 13.0 Å². The molecule has 1 rings (SSSR count). The summed E-state index contributed by atoms with van der Waals surface area (Å²) in [6.45, 7) is 8.53. The van der Waals surface area contributed by atoms with Crippen LogP contribution in [0.4, 0.5) is 0 Å². The van der Waals surface area contributed by atoms with Crippen LogP contribution in [0.15, 0.2) is 0 Å². The van der Waals surface area contributed by atoms with Gasteiger partial charge in [0.1, 0.15) is 0 Å². The molecule has 1 atom stereocenters. The van der Waals surface area contributed by atoms with Gasteiger partial charge in [0.25, 0.3) is 0 Å². The Morgan fingerprint density at radius 1 is 1.71 bits per heavy atom. The van der Waals surface area contributed by atoms with E-state index < -0.39 is 0 Å². The molecule has 0 aromatic rings. The molecule has 0 saturated carbocycles. The van der Waals surface area contributed by atoms with Crippen molar-refractivity contribution in [2.24, 2.45) is 0 Å². The van der Waals surface area contributed by atoms with Gasteiger partial charge in [-0.25, -0.2) is 6.57 Å². The van der Waals surface area contributed by atoms with Crippen LogP contribution >= 0.6 is 0 Å². The SMILES string of the molecule is [C-]#[N+][C@@H]1CCNC1. The van der Waals surface area contributed by atoms with Crippen LogP contribution in [0, 0.1) is 6.57 Å². The highest BCUT2D eigenvalue weighted by molar-refractivity contribution is 4.86. The first-order chi connectivity index (χ1) is 3.43. The summed E-state index contributed by atoms with van der Waals surface area (Å²) < 4.78 is 0. The van der Waals surface area contributed by atoms with Gasteiger partial charge < -0.3 is 10.2 Å². The van der Waals surface area contributed by atoms with Gasteiger partial charge in [-0.05, 0) is 0 Å². The third kappa shape index (κ3) is 0.908. The van der Waals surface area contributed by atoms with Gasteiger partial charge in [-0.2, -0.15) is 0 Å². The lowest BCUT2D eigenvalue weighted by Crippen LogP contribution is -2.09. The molecule has 1 heterocycles. The fourth-order valence-electron chi connectivity index (χ4n) is 0.750. The quantitative estimate of drug-likeness (QED) is 0.428. The number of rotatable bonds is 0. The lowest BCUT2D eigenvalue weighted by atomic mass is 10.3. The van der Waals surface area contributed by atoms with E-state index in [4.69, 9.17) is 6.57 Å². The Balaban J connectivity index is 2.31. The molecule has 0 radical (unpaired) electrons. The molecule has 0 amide bonds. The number of hydrogen-bond acceptors (Lipinski definition) is 1. The number of hydrogen-bond donors (Lipinski definition) is 1. The van der Waals surface area contributed by atoms with Crippen LogP contribution in [0.1, 0.15) is 6.42 Å². The van der Waals surface area contributed by atoms with Crippen LogP contribution < -0.4 is 5.32 Å². The van der Waals surface area contributed by atoms with E-state index >= 15 is 0 Å². The number of nitrogens with zero attached hydrogens (tertiary/aromatic N) is 1. The maximum absolute atomic E-state index is 6.58. The van der Waals surface area contributed by atoms with E-state index in [1.165, 1.54) is 0 Å². The molecule has 0 spiro atoms. The molecule has 0 aromatic carbocycles. The highest BCUT2D eigenvalue weighted by atomic mass is 15.0. The fraction of sp³-hybridized carbons (Fsp3) is 0.800. The molecule has 1 aliphatic heterocycles. The smallest absolute Gasteiger partial charge is 0.237 e. The van der Waals surface area contributed by atoms with E-state index in [1.54, 1.807) is 0 Å². The van der Waals surface area contributed by atoms with Crippen molar-refractivity contribution >= 4 is 0 Å². The second kappa shape index (κ2) is 1.94. The maximum Gasteiger partial charge on any atom is 0.237 e. The summed E-state index contributed by atoms with van der Waals surface area (Å²) in [6.07, 6.45) is 1.05. The Hall–Kier alpha value is -0.550. The molecule has 0 aromatic heterocycles. The summed E-state index contributed by atoms with van der Waals surface area (Å²) in [5.74, 6) is 0. The molecular weight excluding hydrogens is 88.1 g/mol. The first-order valence-electron chi connectivity index (χ1n) is 2.51. The fourth-order valence-corrected chi connectivity index (χ4v) is 0.750. The van der Waals surface area contributed by atoms with E-state index in [9.17, 15) is 0 Å². The normalized spacial score (nSPS) is 29.9. The van der Waals surface area contributed by atoms with Gasteiger partial charge in [-0.3, -0.25) is 0 Å². The van der Waals surface area contributed by atoms with Crippen molar-refractivity contribution in [3.05, 3.63) is 11.4 Å². The molecule has 0 aliphatic carbocycles. The zero-order chi connectivity index (χ0) is 5.11. The number of nitrogens with one attached hydrogen (secondary N) is 1. The summed E-state index contributed by atoms with van der Waals surface area (Å²) >= 11 is 0. The molecule has 2 heteroatoms. The molecule has 0 bridgehead atoms. The van der Waals surface area contributed by atoms with Crippen LogP contribution in [0.5, 0.6) is 0 Å². The zero-order valence-electron chi connectivity index (χ0n) is 4.15. The molecule has 7 heavy (non-hydrogen) atoms. The summed E-state index contributed by atoms with van der Waals surface area (Å²) in [4.78, 5) is 3.38. The van der Waals surface area contributed by atoms with Crippen molar-refractivity contribution in [3.8, 4) is 0 Å². The molecule has 2 nitrogen and oxygen atoms in total. The molecular formula is C5H8N2. The summed E-state index contributed by atoms with van der Waals surface area (Å²) in [5.41, 5.74) is 0. The molecule has 1 N–H and O–H groups in total. The second-order valence-electron chi connectivity index (χ2n) is 1.78. The van der Waals surface area contributed by atoms with Crippen LogP contribution in [0.25, 0.3) is 4.85 Å². The monoisotopic (exact) mass is 96.1 g/mol. The Morgan fingerprint density at radius 3 is 2.86 bits per heavy atom. The first-order valence-corrected chi connectivity index (χ1v) is 2.51. The molecule has 1 fully saturated rings. The molecule has 1 aliphatic rings.